The third kappa shape index (κ3) is 1.93. The lowest BCUT2D eigenvalue weighted by Gasteiger charge is -2.11. The summed E-state index contributed by atoms with van der Waals surface area (Å²) in [7, 11) is 0. The summed E-state index contributed by atoms with van der Waals surface area (Å²) in [5.74, 6) is 0. The van der Waals surface area contributed by atoms with Crippen LogP contribution in [0.4, 0.5) is 13.2 Å². The smallest absolute Gasteiger partial charge is 0.368 e. The van der Waals surface area contributed by atoms with Gasteiger partial charge >= 0.3 is 6.18 Å². The lowest BCUT2D eigenvalue weighted by Crippen LogP contribution is -2.08. The summed E-state index contributed by atoms with van der Waals surface area (Å²) in [4.78, 5) is 0. The topological polar surface area (TPSA) is 12.5 Å². The molecular weight excluding hydrogens is 261 g/mol. The van der Waals surface area contributed by atoms with Crippen LogP contribution in [0.25, 0.3) is 0 Å². The van der Waals surface area contributed by atoms with Crippen LogP contribution in [0.3, 0.4) is 0 Å². The van der Waals surface area contributed by atoms with E-state index in [-0.39, 0.29) is 11.7 Å². The van der Waals surface area contributed by atoms with Gasteiger partial charge in [-0.3, -0.25) is 0 Å². The van der Waals surface area contributed by atoms with Gasteiger partial charge in [0.2, 0.25) is 0 Å². The number of halogens is 4. The number of benzene rings is 1. The van der Waals surface area contributed by atoms with E-state index >= 15 is 0 Å². The minimum Gasteiger partial charge on any atom is -0.368 e. The van der Waals surface area contributed by atoms with Gasteiger partial charge in [-0.2, -0.15) is 13.2 Å². The lowest BCUT2D eigenvalue weighted by molar-refractivity contribution is -0.138. The number of rotatable bonds is 1. The van der Waals surface area contributed by atoms with Gasteiger partial charge in [0.25, 0.3) is 0 Å². The normalized spacial score (nSPS) is 21.0. The van der Waals surface area contributed by atoms with Crippen molar-refractivity contribution >= 4 is 15.9 Å². The minimum absolute atomic E-state index is 0.223. The Morgan fingerprint density at radius 3 is 2.50 bits per heavy atom. The Hall–Kier alpha value is -0.550. The van der Waals surface area contributed by atoms with Crippen LogP contribution in [-0.2, 0) is 10.9 Å². The van der Waals surface area contributed by atoms with Gasteiger partial charge in [0.15, 0.2) is 0 Å². The van der Waals surface area contributed by atoms with Gasteiger partial charge in [-0.25, -0.2) is 0 Å². The zero-order chi connectivity index (χ0) is 10.3. The molecule has 1 unspecified atom stereocenters. The zero-order valence-electron chi connectivity index (χ0n) is 6.94. The van der Waals surface area contributed by atoms with E-state index in [4.69, 9.17) is 4.74 Å². The predicted octanol–water partition coefficient (Wildman–Crippen LogP) is 3.54. The van der Waals surface area contributed by atoms with Crippen molar-refractivity contribution in [1.29, 1.82) is 0 Å². The Bertz CT molecular complexity index is 358. The third-order valence-corrected chi connectivity index (χ3v) is 2.49. The van der Waals surface area contributed by atoms with Gasteiger partial charge in [-0.15, -0.1) is 0 Å². The van der Waals surface area contributed by atoms with Crippen LogP contribution < -0.4 is 0 Å². The molecule has 1 saturated heterocycles. The molecule has 1 atom stereocenters. The zero-order valence-corrected chi connectivity index (χ0v) is 8.52. The first-order chi connectivity index (χ1) is 6.48. The fourth-order valence-corrected chi connectivity index (χ4v) is 1.64. The highest BCUT2D eigenvalue weighted by atomic mass is 79.9. The molecule has 1 aromatic rings. The summed E-state index contributed by atoms with van der Waals surface area (Å²) in [6.07, 6.45) is -4.69. The van der Waals surface area contributed by atoms with Gasteiger partial charge in [-0.1, -0.05) is 22.0 Å². The molecule has 14 heavy (non-hydrogen) atoms. The molecule has 1 aliphatic rings. The molecule has 5 heteroatoms. The largest absolute Gasteiger partial charge is 0.416 e. The Kier molecular flexibility index (Phi) is 2.31. The number of hydrogen-bond donors (Lipinski definition) is 0. The summed E-state index contributed by atoms with van der Waals surface area (Å²) in [5, 5.41) is 0. The number of alkyl halides is 3. The van der Waals surface area contributed by atoms with Crippen molar-refractivity contribution in [3.63, 3.8) is 0 Å². The fraction of sp³-hybridized carbons (Fsp3) is 0.333. The van der Waals surface area contributed by atoms with Crippen molar-refractivity contribution in [3.8, 4) is 0 Å². The SMILES string of the molecule is FC(F)(F)c1cc(Br)ccc1C1CO1. The van der Waals surface area contributed by atoms with Crippen LogP contribution in [-0.4, -0.2) is 6.61 Å². The van der Waals surface area contributed by atoms with Crippen molar-refractivity contribution < 1.29 is 17.9 Å². The van der Waals surface area contributed by atoms with Crippen LogP contribution >= 0.6 is 15.9 Å². The molecule has 1 nitrogen and oxygen atoms in total. The number of hydrogen-bond acceptors (Lipinski definition) is 1. The Morgan fingerprint density at radius 2 is 2.00 bits per heavy atom. The van der Waals surface area contributed by atoms with Crippen molar-refractivity contribution in [1.82, 2.24) is 0 Å². The van der Waals surface area contributed by atoms with E-state index in [0.29, 0.717) is 11.1 Å². The maximum Gasteiger partial charge on any atom is 0.416 e. The molecule has 1 aliphatic heterocycles. The second kappa shape index (κ2) is 3.24. The summed E-state index contributed by atoms with van der Waals surface area (Å²) in [5.41, 5.74) is -0.393. The van der Waals surface area contributed by atoms with E-state index in [1.807, 2.05) is 0 Å². The number of ether oxygens (including phenoxy) is 1. The van der Waals surface area contributed by atoms with E-state index in [1.165, 1.54) is 6.07 Å². The summed E-state index contributed by atoms with van der Waals surface area (Å²) < 4.78 is 42.9. The highest BCUT2D eigenvalue weighted by molar-refractivity contribution is 9.10. The van der Waals surface area contributed by atoms with E-state index in [2.05, 4.69) is 15.9 Å². The molecule has 0 N–H and O–H groups in total. The van der Waals surface area contributed by atoms with Crippen LogP contribution in [0.5, 0.6) is 0 Å². The van der Waals surface area contributed by atoms with Gasteiger partial charge in [0.05, 0.1) is 12.2 Å². The van der Waals surface area contributed by atoms with E-state index in [9.17, 15) is 13.2 Å². The Labute approximate surface area is 87.0 Å². The average Bonchev–Trinajstić information content (AvgIpc) is 2.85. The Morgan fingerprint density at radius 1 is 1.36 bits per heavy atom. The lowest BCUT2D eigenvalue weighted by atomic mass is 10.0. The average molecular weight is 267 g/mol. The highest BCUT2D eigenvalue weighted by Gasteiger charge is 2.38. The van der Waals surface area contributed by atoms with Gasteiger partial charge in [-0.05, 0) is 17.7 Å². The van der Waals surface area contributed by atoms with E-state index < -0.39 is 11.7 Å². The van der Waals surface area contributed by atoms with E-state index in [1.54, 1.807) is 6.07 Å². The third-order valence-electron chi connectivity index (χ3n) is 2.00. The summed E-state index contributed by atoms with van der Waals surface area (Å²) in [6.45, 7) is 0.380. The maximum atomic E-state index is 12.5. The highest BCUT2D eigenvalue weighted by Crippen LogP contribution is 2.41. The minimum atomic E-state index is -4.31. The van der Waals surface area contributed by atoms with Crippen LogP contribution in [0.15, 0.2) is 22.7 Å². The van der Waals surface area contributed by atoms with Gasteiger partial charge < -0.3 is 4.74 Å². The molecule has 0 saturated carbocycles. The summed E-state index contributed by atoms with van der Waals surface area (Å²) >= 11 is 3.02. The van der Waals surface area contributed by atoms with Crippen molar-refractivity contribution in [2.45, 2.75) is 12.3 Å². The molecule has 0 spiro atoms. The second-order valence-electron chi connectivity index (χ2n) is 3.05. The molecule has 76 valence electrons. The standard InChI is InChI=1S/C9H6BrF3O/c10-5-1-2-6(8-4-14-8)7(3-5)9(11,12)13/h1-3,8H,4H2. The molecule has 0 radical (unpaired) electrons. The first-order valence-corrected chi connectivity index (χ1v) is 4.76. The molecule has 0 bridgehead atoms. The first-order valence-electron chi connectivity index (χ1n) is 3.97. The van der Waals surface area contributed by atoms with E-state index in [0.717, 1.165) is 6.07 Å². The monoisotopic (exact) mass is 266 g/mol. The van der Waals surface area contributed by atoms with Gasteiger partial charge in [0, 0.05) is 4.47 Å². The first kappa shape index (κ1) is 9.98. The molecular formula is C9H6BrF3O. The van der Waals surface area contributed by atoms with Crippen molar-refractivity contribution in [3.05, 3.63) is 33.8 Å². The molecule has 1 heterocycles. The summed E-state index contributed by atoms with van der Waals surface area (Å²) in [6, 6.07) is 4.12. The Balaban J connectivity index is 2.48. The predicted molar refractivity (Wildman–Crippen MR) is 47.8 cm³/mol. The molecule has 1 fully saturated rings. The fourth-order valence-electron chi connectivity index (χ4n) is 1.28. The van der Waals surface area contributed by atoms with Gasteiger partial charge in [0.1, 0.15) is 6.10 Å². The second-order valence-corrected chi connectivity index (χ2v) is 3.97. The van der Waals surface area contributed by atoms with Crippen LogP contribution in [0.1, 0.15) is 17.2 Å². The molecule has 0 aliphatic carbocycles. The molecule has 0 aromatic heterocycles. The number of epoxide rings is 1. The molecule has 0 amide bonds. The van der Waals surface area contributed by atoms with Crippen LogP contribution in [0, 0.1) is 0 Å². The quantitative estimate of drug-likeness (QED) is 0.709. The van der Waals surface area contributed by atoms with Crippen LogP contribution in [0.2, 0.25) is 0 Å². The molecule has 1 aromatic carbocycles. The van der Waals surface area contributed by atoms with Crippen molar-refractivity contribution in [2.75, 3.05) is 6.61 Å². The molecule has 2 rings (SSSR count). The maximum absolute atomic E-state index is 12.5. The van der Waals surface area contributed by atoms with Crippen molar-refractivity contribution in [2.24, 2.45) is 0 Å².